The van der Waals surface area contributed by atoms with Gasteiger partial charge in [0.25, 0.3) is 5.91 Å². The zero-order valence-electron chi connectivity index (χ0n) is 20.0. The van der Waals surface area contributed by atoms with E-state index >= 15 is 0 Å². The largest absolute Gasteiger partial charge is 0.480 e. The summed E-state index contributed by atoms with van der Waals surface area (Å²) in [6, 6.07) is 19.5. The van der Waals surface area contributed by atoms with Crippen LogP contribution in [0, 0.1) is 12.8 Å². The lowest BCUT2D eigenvalue weighted by Gasteiger charge is -2.18. The lowest BCUT2D eigenvalue weighted by Crippen LogP contribution is -2.44. The molecule has 4 aromatic rings. The molecule has 1 amide bonds. The number of carbonyl (C=O) groups excluding carboxylic acids is 1. The van der Waals surface area contributed by atoms with Crippen LogP contribution in [0.15, 0.2) is 82.1 Å². The van der Waals surface area contributed by atoms with Crippen molar-refractivity contribution in [2.24, 2.45) is 5.92 Å². The van der Waals surface area contributed by atoms with Crippen molar-refractivity contribution in [3.05, 3.63) is 84.1 Å². The summed E-state index contributed by atoms with van der Waals surface area (Å²) in [4.78, 5) is 24.1. The number of aliphatic carboxylic acids is 1. The van der Waals surface area contributed by atoms with Crippen LogP contribution in [0.1, 0.15) is 30.0 Å². The van der Waals surface area contributed by atoms with E-state index in [4.69, 9.17) is 4.42 Å². The minimum absolute atomic E-state index is 0.0248. The predicted molar refractivity (Wildman–Crippen MR) is 137 cm³/mol. The van der Waals surface area contributed by atoms with Crippen LogP contribution in [0.2, 0.25) is 0 Å². The number of hydrogen-bond donors (Lipinski definition) is 3. The summed E-state index contributed by atoms with van der Waals surface area (Å²) >= 11 is 0. The summed E-state index contributed by atoms with van der Waals surface area (Å²) in [6.45, 7) is 5.11. The van der Waals surface area contributed by atoms with Crippen LogP contribution in [0.3, 0.4) is 0 Å². The van der Waals surface area contributed by atoms with E-state index in [9.17, 15) is 23.1 Å². The highest BCUT2D eigenvalue weighted by Gasteiger charge is 2.28. The minimum atomic E-state index is -4.00. The van der Waals surface area contributed by atoms with E-state index in [1.54, 1.807) is 38.1 Å². The zero-order valence-corrected chi connectivity index (χ0v) is 20.8. The smallest absolute Gasteiger partial charge is 0.322 e. The van der Waals surface area contributed by atoms with Crippen molar-refractivity contribution in [3.8, 4) is 11.1 Å². The van der Waals surface area contributed by atoms with Crippen LogP contribution in [0.25, 0.3) is 22.1 Å². The fourth-order valence-electron chi connectivity index (χ4n) is 3.86. The Morgan fingerprint density at radius 2 is 1.47 bits per heavy atom. The molecule has 3 N–H and O–H groups in total. The second-order valence-electron chi connectivity index (χ2n) is 8.79. The number of nitrogens with one attached hydrogen (secondary N) is 2. The summed E-state index contributed by atoms with van der Waals surface area (Å²) in [6.07, 6.45) is 0. The third-order valence-electron chi connectivity index (χ3n) is 5.91. The second-order valence-corrected chi connectivity index (χ2v) is 10.5. The van der Waals surface area contributed by atoms with Gasteiger partial charge in [0, 0.05) is 16.6 Å². The van der Waals surface area contributed by atoms with Crippen molar-refractivity contribution in [2.45, 2.75) is 31.7 Å². The average Bonchev–Trinajstić information content (AvgIpc) is 3.19. The summed E-state index contributed by atoms with van der Waals surface area (Å²) in [5, 5.41) is 13.0. The second kappa shape index (κ2) is 9.96. The molecule has 1 atom stereocenters. The van der Waals surface area contributed by atoms with Crippen molar-refractivity contribution in [1.82, 2.24) is 4.72 Å². The topological polar surface area (TPSA) is 126 Å². The average molecular weight is 507 g/mol. The molecule has 0 unspecified atom stereocenters. The number of carbonyl (C=O) groups is 2. The van der Waals surface area contributed by atoms with Crippen LogP contribution in [-0.4, -0.2) is 31.4 Å². The fourth-order valence-corrected chi connectivity index (χ4v) is 5.20. The van der Waals surface area contributed by atoms with Gasteiger partial charge in [0.2, 0.25) is 10.0 Å². The molecule has 0 spiro atoms. The molecule has 0 saturated heterocycles. The molecule has 0 aliphatic rings. The van der Waals surface area contributed by atoms with Gasteiger partial charge in [0.05, 0.1) is 4.90 Å². The number of carboxylic acids is 1. The third kappa shape index (κ3) is 5.17. The molecular weight excluding hydrogens is 480 g/mol. The number of para-hydroxylation sites is 1. The maximum Gasteiger partial charge on any atom is 0.322 e. The molecule has 8 nitrogen and oxygen atoms in total. The van der Waals surface area contributed by atoms with Gasteiger partial charge in [-0.15, -0.1) is 0 Å². The minimum Gasteiger partial charge on any atom is -0.480 e. The first kappa shape index (κ1) is 25.2. The molecule has 36 heavy (non-hydrogen) atoms. The Morgan fingerprint density at radius 3 is 2.03 bits per heavy atom. The van der Waals surface area contributed by atoms with Crippen molar-refractivity contribution in [3.63, 3.8) is 0 Å². The van der Waals surface area contributed by atoms with Gasteiger partial charge in [-0.25, -0.2) is 8.42 Å². The van der Waals surface area contributed by atoms with Gasteiger partial charge < -0.3 is 14.8 Å². The molecule has 3 aromatic carbocycles. The molecule has 0 radical (unpaired) electrons. The van der Waals surface area contributed by atoms with Crippen LogP contribution >= 0.6 is 0 Å². The number of carboxylic acid groups (broad SMARTS) is 1. The maximum absolute atomic E-state index is 12.7. The van der Waals surface area contributed by atoms with Crippen LogP contribution < -0.4 is 10.0 Å². The number of rotatable bonds is 8. The van der Waals surface area contributed by atoms with Crippen molar-refractivity contribution in [1.29, 1.82) is 0 Å². The van der Waals surface area contributed by atoms with E-state index in [1.807, 2.05) is 43.3 Å². The number of anilines is 1. The molecular formula is C27H26N2O6S. The lowest BCUT2D eigenvalue weighted by atomic mass is 10.1. The highest BCUT2D eigenvalue weighted by atomic mass is 32.2. The van der Waals surface area contributed by atoms with Gasteiger partial charge in [0.15, 0.2) is 5.76 Å². The molecule has 0 fully saturated rings. The zero-order chi connectivity index (χ0) is 26.0. The Bertz CT molecular complexity index is 1520. The normalized spacial score (nSPS) is 12.6. The number of hydrogen-bond acceptors (Lipinski definition) is 5. The number of amides is 1. The van der Waals surface area contributed by atoms with E-state index < -0.39 is 28.0 Å². The monoisotopic (exact) mass is 506 g/mol. The molecule has 1 aromatic heterocycles. The third-order valence-corrected chi connectivity index (χ3v) is 7.36. The molecule has 4 rings (SSSR count). The highest BCUT2D eigenvalue weighted by Crippen LogP contribution is 2.27. The Balaban J connectivity index is 1.47. The van der Waals surface area contributed by atoms with Gasteiger partial charge in [-0.2, -0.15) is 4.72 Å². The molecule has 186 valence electrons. The van der Waals surface area contributed by atoms with E-state index in [2.05, 4.69) is 10.0 Å². The molecule has 0 aliphatic heterocycles. The number of furan rings is 1. The molecule has 0 bridgehead atoms. The van der Waals surface area contributed by atoms with E-state index in [0.717, 1.165) is 22.1 Å². The van der Waals surface area contributed by atoms with Gasteiger partial charge >= 0.3 is 5.97 Å². The van der Waals surface area contributed by atoms with Crippen LogP contribution in [0.5, 0.6) is 0 Å². The Kier molecular flexibility index (Phi) is 6.96. The molecule has 0 aliphatic carbocycles. The quantitative estimate of drug-likeness (QED) is 0.307. The van der Waals surface area contributed by atoms with Gasteiger partial charge in [-0.05, 0) is 54.3 Å². The van der Waals surface area contributed by atoms with Gasteiger partial charge in [0.1, 0.15) is 11.6 Å². The number of sulfonamides is 1. The highest BCUT2D eigenvalue weighted by molar-refractivity contribution is 7.89. The standard InChI is InChI=1S/C27H26N2O6S/c1-16(2)24(27(31)32)29-36(33,34)21-14-10-19(11-15-21)18-8-12-20(13-9-18)28-26(30)25-17(3)22-6-4-5-7-23(22)35-25/h4-16,24,29H,1-3H3,(H,28,30)(H,31,32)/t24-/m1/s1. The summed E-state index contributed by atoms with van der Waals surface area (Å²) in [5.41, 5.74) is 3.58. The number of fused-ring (bicyclic) bond motifs is 1. The van der Waals surface area contributed by atoms with Gasteiger partial charge in [-0.1, -0.05) is 56.3 Å². The molecule has 0 saturated carbocycles. The Labute approximate surface area is 209 Å². The van der Waals surface area contributed by atoms with Crippen LogP contribution in [-0.2, 0) is 14.8 Å². The Hall–Kier alpha value is -3.95. The first-order valence-electron chi connectivity index (χ1n) is 11.3. The lowest BCUT2D eigenvalue weighted by molar-refractivity contribution is -0.140. The van der Waals surface area contributed by atoms with Gasteiger partial charge in [-0.3, -0.25) is 9.59 Å². The van der Waals surface area contributed by atoms with Crippen molar-refractivity contribution < 1.29 is 27.5 Å². The van der Waals surface area contributed by atoms with Crippen LogP contribution in [0.4, 0.5) is 5.69 Å². The Morgan fingerprint density at radius 1 is 0.889 bits per heavy atom. The van der Waals surface area contributed by atoms with E-state index in [-0.39, 0.29) is 16.6 Å². The molecule has 9 heteroatoms. The van der Waals surface area contributed by atoms with E-state index in [1.165, 1.54) is 12.1 Å². The first-order chi connectivity index (χ1) is 17.1. The summed E-state index contributed by atoms with van der Waals surface area (Å²) in [5.74, 6) is -1.73. The van der Waals surface area contributed by atoms with Crippen molar-refractivity contribution >= 4 is 38.6 Å². The number of benzene rings is 3. The summed E-state index contributed by atoms with van der Waals surface area (Å²) in [7, 11) is -4.00. The first-order valence-corrected chi connectivity index (χ1v) is 12.8. The molecule has 1 heterocycles. The summed E-state index contributed by atoms with van der Waals surface area (Å²) < 4.78 is 33.2. The van der Waals surface area contributed by atoms with E-state index in [0.29, 0.717) is 11.3 Å². The van der Waals surface area contributed by atoms with Crippen molar-refractivity contribution in [2.75, 3.05) is 5.32 Å². The predicted octanol–water partition coefficient (Wildman–Crippen LogP) is 5.05. The fraction of sp³-hybridized carbons (Fsp3) is 0.185. The SMILES string of the molecule is Cc1c(C(=O)Nc2ccc(-c3ccc(S(=O)(=O)N[C@@H](C(=O)O)C(C)C)cc3)cc2)oc2ccccc12. The maximum atomic E-state index is 12.7. The number of aryl methyl sites for hydroxylation is 1.